The zero-order valence-corrected chi connectivity index (χ0v) is 26.0. The number of rotatable bonds is 26. The van der Waals surface area contributed by atoms with Crippen LogP contribution in [0.5, 0.6) is 0 Å². The Bertz CT molecular complexity index is 337. The third-order valence-electron chi connectivity index (χ3n) is 6.55. The van der Waals surface area contributed by atoms with Gasteiger partial charge in [0.2, 0.25) is 0 Å². The molecule has 0 fully saturated rings. The van der Waals surface area contributed by atoms with Gasteiger partial charge in [-0.25, -0.2) is 0 Å². The Hall–Kier alpha value is 1.21. The first-order valence-electron chi connectivity index (χ1n) is 14.4. The fourth-order valence-electron chi connectivity index (χ4n) is 4.47. The number of halogens is 2. The molecule has 0 amide bonds. The second-order valence-electron chi connectivity index (χ2n) is 9.61. The minimum Gasteiger partial charge on any atom is -1.00 e. The Morgan fingerprint density at radius 1 is 0.515 bits per heavy atom. The molecule has 5 heteroatoms. The van der Waals surface area contributed by atoms with E-state index in [4.69, 9.17) is 3.32 Å². The smallest absolute Gasteiger partial charge is 1.00 e. The van der Waals surface area contributed by atoms with Crippen LogP contribution in [0.4, 0.5) is 0 Å². The second-order valence-corrected chi connectivity index (χ2v) is 11.2. The van der Waals surface area contributed by atoms with Gasteiger partial charge in [-0.2, -0.15) is 0 Å². The molecule has 0 saturated heterocycles. The van der Waals surface area contributed by atoms with Crippen LogP contribution in [0.15, 0.2) is 0 Å². The number of hydrogen-bond donors (Lipinski definition) is 0. The maximum absolute atomic E-state index is 6.05. The summed E-state index contributed by atoms with van der Waals surface area (Å²) in [5.41, 5.74) is 0. The second kappa shape index (κ2) is 33.2. The fraction of sp³-hybridized carbons (Fsp3) is 1.00. The molecule has 0 aromatic heterocycles. The molecule has 0 aromatic rings. The SMILES string of the molecule is CCCCCCCCCC(CCCCCCCC)[N](CCCCCCCC)[Ti+2][O]CC.[Cl-].[Cl-]. The van der Waals surface area contributed by atoms with Crippen molar-refractivity contribution in [3.05, 3.63) is 0 Å². The van der Waals surface area contributed by atoms with Gasteiger partial charge in [0.15, 0.2) is 0 Å². The van der Waals surface area contributed by atoms with Crippen LogP contribution in [-0.4, -0.2) is 22.6 Å². The van der Waals surface area contributed by atoms with Gasteiger partial charge in [0.1, 0.15) is 0 Å². The zero-order valence-electron chi connectivity index (χ0n) is 23.0. The third kappa shape index (κ3) is 27.6. The predicted octanol–water partition coefficient (Wildman–Crippen LogP) is 3.87. The van der Waals surface area contributed by atoms with E-state index >= 15 is 0 Å². The van der Waals surface area contributed by atoms with Crippen molar-refractivity contribution in [1.82, 2.24) is 3.38 Å². The molecule has 0 radical (unpaired) electrons. The summed E-state index contributed by atoms with van der Waals surface area (Å²) in [6.07, 6.45) is 29.7. The van der Waals surface area contributed by atoms with E-state index in [2.05, 4.69) is 31.1 Å². The maximum atomic E-state index is 6.05. The van der Waals surface area contributed by atoms with Gasteiger partial charge in [-0.1, -0.05) is 0 Å². The van der Waals surface area contributed by atoms with Crippen molar-refractivity contribution in [3.63, 3.8) is 0 Å². The molecular formula is C28H59Cl2NOTi. The number of hydrogen-bond acceptors (Lipinski definition) is 2. The molecule has 0 aliphatic heterocycles. The standard InChI is InChI=1S/C26H54N.C2H5O.2ClH.Ti/c1-4-7-10-13-16-18-21-24-26(23-20-17-14-11-8-5-2)27-25-22-19-15-12-9-6-3;1-2-3;;;/h26H,4-25H2,1-3H3;2H2,1H3;2*1H;/q2*-1;;;+4/p-2. The van der Waals surface area contributed by atoms with Crippen LogP contribution in [0.1, 0.15) is 163 Å². The largest absolute Gasteiger partial charge is 1.00 e. The van der Waals surface area contributed by atoms with Crippen molar-refractivity contribution in [2.75, 3.05) is 13.2 Å². The minimum atomic E-state index is -0.393. The summed E-state index contributed by atoms with van der Waals surface area (Å²) >= 11 is -0.393. The average molecular weight is 545 g/mol. The third-order valence-corrected chi connectivity index (χ3v) is 8.49. The molecule has 1 unspecified atom stereocenters. The Labute approximate surface area is 232 Å². The Morgan fingerprint density at radius 3 is 1.27 bits per heavy atom. The Balaban J connectivity index is -0.00000450. The molecule has 2 nitrogen and oxygen atoms in total. The van der Waals surface area contributed by atoms with E-state index in [1.807, 2.05) is 0 Å². The molecule has 0 bridgehead atoms. The van der Waals surface area contributed by atoms with Crippen LogP contribution >= 0.6 is 0 Å². The van der Waals surface area contributed by atoms with Crippen LogP contribution in [0.25, 0.3) is 0 Å². The van der Waals surface area contributed by atoms with Crippen molar-refractivity contribution >= 4 is 0 Å². The van der Waals surface area contributed by atoms with Crippen LogP contribution in [0, 0.1) is 0 Å². The first-order chi connectivity index (χ1) is 15.3. The summed E-state index contributed by atoms with van der Waals surface area (Å²) in [7, 11) is 0. The average Bonchev–Trinajstić information content (AvgIpc) is 2.78. The molecule has 0 aromatic carbocycles. The first-order valence-corrected chi connectivity index (χ1v) is 15.8. The number of nitrogens with zero attached hydrogens (tertiary/aromatic N) is 1. The van der Waals surface area contributed by atoms with E-state index in [-0.39, 0.29) is 24.8 Å². The summed E-state index contributed by atoms with van der Waals surface area (Å²) in [5, 5.41) is 0. The van der Waals surface area contributed by atoms with Gasteiger partial charge in [-0.3, -0.25) is 0 Å². The van der Waals surface area contributed by atoms with Crippen molar-refractivity contribution in [2.45, 2.75) is 169 Å². The maximum Gasteiger partial charge on any atom is -1.00 e. The van der Waals surface area contributed by atoms with E-state index < -0.39 is 19.8 Å². The summed E-state index contributed by atoms with van der Waals surface area (Å²) in [4.78, 5) is 0. The van der Waals surface area contributed by atoms with Gasteiger partial charge in [0.05, 0.1) is 0 Å². The summed E-state index contributed by atoms with van der Waals surface area (Å²) < 4.78 is 8.89. The summed E-state index contributed by atoms with van der Waals surface area (Å²) in [5.74, 6) is 0. The van der Waals surface area contributed by atoms with Gasteiger partial charge >= 0.3 is 208 Å². The topological polar surface area (TPSA) is 12.5 Å². The van der Waals surface area contributed by atoms with E-state index in [1.54, 1.807) is 0 Å². The monoisotopic (exact) mass is 543 g/mol. The Kier molecular flexibility index (Phi) is 39.0. The quantitative estimate of drug-likeness (QED) is 0.121. The molecule has 0 saturated carbocycles. The van der Waals surface area contributed by atoms with E-state index in [0.717, 1.165) is 12.6 Å². The fourth-order valence-corrected chi connectivity index (χ4v) is 5.95. The van der Waals surface area contributed by atoms with Gasteiger partial charge in [0.25, 0.3) is 0 Å². The summed E-state index contributed by atoms with van der Waals surface area (Å²) in [6, 6.07) is 0.795. The summed E-state index contributed by atoms with van der Waals surface area (Å²) in [6.45, 7) is 11.3. The van der Waals surface area contributed by atoms with Gasteiger partial charge in [0, 0.05) is 0 Å². The number of unbranched alkanes of at least 4 members (excludes halogenated alkanes) is 16. The van der Waals surface area contributed by atoms with Crippen LogP contribution in [0.3, 0.4) is 0 Å². The van der Waals surface area contributed by atoms with Gasteiger partial charge < -0.3 is 24.8 Å². The molecule has 0 heterocycles. The zero-order chi connectivity index (χ0) is 22.8. The van der Waals surface area contributed by atoms with Crippen molar-refractivity contribution < 1.29 is 47.9 Å². The molecule has 0 spiro atoms. The Morgan fingerprint density at radius 2 is 0.879 bits per heavy atom. The normalized spacial score (nSPS) is 11.7. The molecule has 0 rings (SSSR count). The van der Waals surface area contributed by atoms with E-state index in [0.29, 0.717) is 0 Å². The molecule has 200 valence electrons. The molecule has 0 aliphatic rings. The molecule has 1 atom stereocenters. The molecule has 0 N–H and O–H groups in total. The molecular weight excluding hydrogens is 485 g/mol. The molecule has 33 heavy (non-hydrogen) atoms. The minimum absolute atomic E-state index is 0. The van der Waals surface area contributed by atoms with Gasteiger partial charge in [-0.05, 0) is 0 Å². The van der Waals surface area contributed by atoms with Crippen molar-refractivity contribution in [1.29, 1.82) is 0 Å². The first kappa shape index (κ1) is 38.7. The molecule has 0 aliphatic carbocycles. The van der Waals surface area contributed by atoms with E-state index in [9.17, 15) is 0 Å². The van der Waals surface area contributed by atoms with Crippen molar-refractivity contribution in [2.24, 2.45) is 0 Å². The van der Waals surface area contributed by atoms with Crippen LogP contribution in [0.2, 0.25) is 0 Å². The van der Waals surface area contributed by atoms with Crippen molar-refractivity contribution in [3.8, 4) is 0 Å². The van der Waals surface area contributed by atoms with Crippen LogP contribution < -0.4 is 24.8 Å². The van der Waals surface area contributed by atoms with Gasteiger partial charge in [-0.15, -0.1) is 0 Å². The van der Waals surface area contributed by atoms with E-state index in [1.165, 1.54) is 141 Å². The van der Waals surface area contributed by atoms with Crippen LogP contribution in [-0.2, 0) is 23.1 Å². The predicted molar refractivity (Wildman–Crippen MR) is 136 cm³/mol.